The highest BCUT2D eigenvalue weighted by atomic mass is 15.1. The van der Waals surface area contributed by atoms with E-state index in [9.17, 15) is 0 Å². The second kappa shape index (κ2) is 4.62. The second-order valence-electron chi connectivity index (χ2n) is 4.67. The summed E-state index contributed by atoms with van der Waals surface area (Å²) in [4.78, 5) is 0. The maximum atomic E-state index is 4.08. The Morgan fingerprint density at radius 3 is 3.24 bits per heavy atom. The fourth-order valence-electron chi connectivity index (χ4n) is 2.41. The van der Waals surface area contributed by atoms with Gasteiger partial charge in [0.15, 0.2) is 0 Å². The molecule has 1 aliphatic carbocycles. The van der Waals surface area contributed by atoms with Crippen molar-refractivity contribution in [1.82, 2.24) is 10.2 Å². The number of H-pyrrole nitrogens is 1. The van der Waals surface area contributed by atoms with Gasteiger partial charge in [-0.1, -0.05) is 24.3 Å². The molecule has 17 heavy (non-hydrogen) atoms. The van der Waals surface area contributed by atoms with Crippen molar-refractivity contribution in [1.29, 1.82) is 0 Å². The molecular weight excluding hydrogens is 210 g/mol. The van der Waals surface area contributed by atoms with Gasteiger partial charge >= 0.3 is 0 Å². The summed E-state index contributed by atoms with van der Waals surface area (Å²) in [5.41, 5.74) is 2.27. The number of rotatable bonds is 3. The van der Waals surface area contributed by atoms with E-state index in [1.54, 1.807) is 0 Å². The third-order valence-corrected chi connectivity index (χ3v) is 3.44. The molecule has 1 aromatic carbocycles. The van der Waals surface area contributed by atoms with Crippen LogP contribution in [-0.4, -0.2) is 16.7 Å². The zero-order valence-electron chi connectivity index (χ0n) is 9.82. The van der Waals surface area contributed by atoms with Crippen LogP contribution >= 0.6 is 0 Å². The molecule has 1 atom stereocenters. The summed E-state index contributed by atoms with van der Waals surface area (Å²) in [6, 6.07) is 6.26. The molecule has 1 aromatic heterocycles. The molecule has 0 saturated carbocycles. The van der Waals surface area contributed by atoms with Crippen molar-refractivity contribution < 1.29 is 0 Å². The first-order valence-electron chi connectivity index (χ1n) is 6.24. The minimum Gasteiger partial charge on any atom is -0.383 e. The molecule has 3 rings (SSSR count). The first-order chi connectivity index (χ1) is 8.43. The average Bonchev–Trinajstić information content (AvgIpc) is 2.86. The molecule has 1 unspecified atom stereocenters. The lowest BCUT2D eigenvalue weighted by molar-refractivity contribution is 0.504. The quantitative estimate of drug-likeness (QED) is 0.790. The van der Waals surface area contributed by atoms with Crippen molar-refractivity contribution in [2.24, 2.45) is 5.92 Å². The van der Waals surface area contributed by atoms with Gasteiger partial charge in [-0.15, -0.1) is 0 Å². The van der Waals surface area contributed by atoms with Crippen LogP contribution in [0.1, 0.15) is 19.3 Å². The lowest BCUT2D eigenvalue weighted by Gasteiger charge is -2.19. The highest BCUT2D eigenvalue weighted by Gasteiger charge is 2.10. The van der Waals surface area contributed by atoms with Gasteiger partial charge in [-0.25, -0.2) is 0 Å². The number of hydrogen-bond donors (Lipinski definition) is 2. The van der Waals surface area contributed by atoms with Gasteiger partial charge < -0.3 is 5.32 Å². The number of para-hydroxylation sites is 1. The monoisotopic (exact) mass is 227 g/mol. The molecule has 0 bridgehead atoms. The molecule has 1 heterocycles. The van der Waals surface area contributed by atoms with Gasteiger partial charge in [0.25, 0.3) is 0 Å². The second-order valence-corrected chi connectivity index (χ2v) is 4.67. The molecule has 0 amide bonds. The molecule has 2 aromatic rings. The van der Waals surface area contributed by atoms with Crippen LogP contribution in [0.3, 0.4) is 0 Å². The summed E-state index contributed by atoms with van der Waals surface area (Å²) >= 11 is 0. The Morgan fingerprint density at radius 2 is 2.35 bits per heavy atom. The number of aromatic nitrogens is 2. The number of nitrogens with zero attached hydrogens (tertiary/aromatic N) is 1. The summed E-state index contributed by atoms with van der Waals surface area (Å²) in [5.74, 6) is 0.762. The number of anilines is 1. The van der Waals surface area contributed by atoms with E-state index in [0.29, 0.717) is 0 Å². The Morgan fingerprint density at radius 1 is 1.35 bits per heavy atom. The lowest BCUT2D eigenvalue weighted by atomic mass is 9.94. The Bertz CT molecular complexity index is 527. The van der Waals surface area contributed by atoms with E-state index in [0.717, 1.165) is 23.7 Å². The van der Waals surface area contributed by atoms with Gasteiger partial charge in [-0.3, -0.25) is 5.10 Å². The molecule has 3 heteroatoms. The van der Waals surface area contributed by atoms with Crippen molar-refractivity contribution in [3.8, 4) is 0 Å². The van der Waals surface area contributed by atoms with E-state index in [4.69, 9.17) is 0 Å². The van der Waals surface area contributed by atoms with Gasteiger partial charge in [0.1, 0.15) is 0 Å². The number of fused-ring (bicyclic) bond motifs is 1. The zero-order valence-corrected chi connectivity index (χ0v) is 9.82. The zero-order chi connectivity index (χ0) is 11.5. The predicted molar refractivity (Wildman–Crippen MR) is 71.1 cm³/mol. The van der Waals surface area contributed by atoms with E-state index in [1.807, 2.05) is 6.20 Å². The summed E-state index contributed by atoms with van der Waals surface area (Å²) in [6.45, 7) is 1.04. The number of nitrogens with one attached hydrogen (secondary N) is 2. The Hall–Kier alpha value is -1.77. The van der Waals surface area contributed by atoms with E-state index >= 15 is 0 Å². The van der Waals surface area contributed by atoms with Crippen LogP contribution in [0.15, 0.2) is 36.5 Å². The number of aromatic amines is 1. The molecule has 0 radical (unpaired) electrons. The predicted octanol–water partition coefficient (Wildman–Crippen LogP) is 3.33. The van der Waals surface area contributed by atoms with E-state index in [-0.39, 0.29) is 0 Å². The Kier molecular flexibility index (Phi) is 2.82. The Balaban J connectivity index is 1.72. The summed E-state index contributed by atoms with van der Waals surface area (Å²) in [7, 11) is 0. The molecule has 0 fully saturated rings. The molecule has 1 aliphatic rings. The highest BCUT2D eigenvalue weighted by molar-refractivity contribution is 5.89. The van der Waals surface area contributed by atoms with Crippen LogP contribution in [0.25, 0.3) is 10.9 Å². The van der Waals surface area contributed by atoms with Crippen LogP contribution in [0, 0.1) is 5.92 Å². The largest absolute Gasteiger partial charge is 0.383 e. The summed E-state index contributed by atoms with van der Waals surface area (Å²) in [5, 5.41) is 11.8. The fourth-order valence-corrected chi connectivity index (χ4v) is 2.41. The average molecular weight is 227 g/mol. The van der Waals surface area contributed by atoms with Gasteiger partial charge in [0.05, 0.1) is 17.4 Å². The third-order valence-electron chi connectivity index (χ3n) is 3.44. The van der Waals surface area contributed by atoms with E-state index in [1.165, 1.54) is 24.6 Å². The normalized spacial score (nSPS) is 19.6. The maximum absolute atomic E-state index is 4.08. The fraction of sp³-hybridized carbons (Fsp3) is 0.357. The molecule has 88 valence electrons. The summed E-state index contributed by atoms with van der Waals surface area (Å²) < 4.78 is 0. The molecule has 0 spiro atoms. The highest BCUT2D eigenvalue weighted by Crippen LogP contribution is 2.23. The van der Waals surface area contributed by atoms with Crippen LogP contribution in [0.5, 0.6) is 0 Å². The SMILES string of the molecule is C1=CCC(CNc2cccc3cn[nH]c23)CC1. The minimum atomic E-state index is 0.762. The van der Waals surface area contributed by atoms with Gasteiger partial charge in [0, 0.05) is 11.9 Å². The van der Waals surface area contributed by atoms with Crippen molar-refractivity contribution in [2.75, 3.05) is 11.9 Å². The van der Waals surface area contributed by atoms with E-state index < -0.39 is 0 Å². The number of allylic oxidation sites excluding steroid dienone is 2. The van der Waals surface area contributed by atoms with Crippen molar-refractivity contribution in [3.63, 3.8) is 0 Å². The van der Waals surface area contributed by atoms with Crippen molar-refractivity contribution in [3.05, 3.63) is 36.5 Å². The Labute approximate surface area is 101 Å². The third kappa shape index (κ3) is 2.18. The number of hydrogen-bond acceptors (Lipinski definition) is 2. The van der Waals surface area contributed by atoms with E-state index in [2.05, 4.69) is 45.9 Å². The van der Waals surface area contributed by atoms with Gasteiger partial charge in [-0.05, 0) is 31.2 Å². The van der Waals surface area contributed by atoms with Crippen LogP contribution in [0.2, 0.25) is 0 Å². The molecular formula is C14H17N3. The van der Waals surface area contributed by atoms with Crippen LogP contribution in [0.4, 0.5) is 5.69 Å². The summed E-state index contributed by atoms with van der Waals surface area (Å²) in [6.07, 6.45) is 10.2. The standard InChI is InChI=1S/C14H17N3/c1-2-5-11(6-3-1)9-15-13-8-4-7-12-10-16-17-14(12)13/h1-2,4,7-8,10-11,15H,3,5-6,9H2,(H,16,17). The van der Waals surface area contributed by atoms with Gasteiger partial charge in [0.2, 0.25) is 0 Å². The van der Waals surface area contributed by atoms with Crippen LogP contribution in [-0.2, 0) is 0 Å². The van der Waals surface area contributed by atoms with Crippen molar-refractivity contribution >= 4 is 16.6 Å². The van der Waals surface area contributed by atoms with Crippen molar-refractivity contribution in [2.45, 2.75) is 19.3 Å². The van der Waals surface area contributed by atoms with Crippen LogP contribution < -0.4 is 5.32 Å². The number of benzene rings is 1. The smallest absolute Gasteiger partial charge is 0.0881 e. The minimum absolute atomic E-state index is 0.762. The molecule has 3 nitrogen and oxygen atoms in total. The molecule has 0 saturated heterocycles. The molecule has 0 aliphatic heterocycles. The molecule has 2 N–H and O–H groups in total. The lowest BCUT2D eigenvalue weighted by Crippen LogP contribution is -2.15. The first kappa shape index (κ1) is 10.4. The first-order valence-corrected chi connectivity index (χ1v) is 6.24. The van der Waals surface area contributed by atoms with Gasteiger partial charge in [-0.2, -0.15) is 5.10 Å². The topological polar surface area (TPSA) is 40.7 Å². The maximum Gasteiger partial charge on any atom is 0.0881 e.